The molecule has 0 aliphatic rings. The van der Waals surface area contributed by atoms with Gasteiger partial charge in [-0.1, -0.05) is 13.8 Å². The molecule has 1 atom stereocenters. The predicted octanol–water partition coefficient (Wildman–Crippen LogP) is 2.05. The Morgan fingerprint density at radius 1 is 1.40 bits per heavy atom. The Morgan fingerprint density at radius 3 is 2.55 bits per heavy atom. The minimum absolute atomic E-state index is 0.164. The van der Waals surface area contributed by atoms with Gasteiger partial charge in [-0.05, 0) is 25.8 Å². The molecule has 1 aromatic heterocycles. The fourth-order valence-corrected chi connectivity index (χ4v) is 2.51. The molecule has 0 fully saturated rings. The maximum absolute atomic E-state index is 12.8. The van der Waals surface area contributed by atoms with Crippen LogP contribution in [0.4, 0.5) is 3.89 Å². The first-order valence-corrected chi connectivity index (χ1v) is 8.47. The summed E-state index contributed by atoms with van der Waals surface area (Å²) in [7, 11) is -4.44. The zero-order valence-corrected chi connectivity index (χ0v) is 13.4. The van der Waals surface area contributed by atoms with Gasteiger partial charge in [0.1, 0.15) is 0 Å². The van der Waals surface area contributed by atoms with Crippen LogP contribution in [0.1, 0.15) is 33.4 Å². The molecule has 1 heterocycles. The first-order valence-electron chi connectivity index (χ1n) is 6.91. The summed E-state index contributed by atoms with van der Waals surface area (Å²) in [6.07, 6.45) is 1.73. The predicted molar refractivity (Wildman–Crippen MR) is 77.5 cm³/mol. The Hall–Kier alpha value is -0.950. The van der Waals surface area contributed by atoms with Crippen LogP contribution in [0.3, 0.4) is 0 Å². The average molecular weight is 305 g/mol. The molecule has 0 bridgehead atoms. The minimum atomic E-state index is -4.44. The number of hydrogen-bond donors (Lipinski definition) is 0. The third-order valence-electron chi connectivity index (χ3n) is 3.63. The number of aryl methyl sites for hydroxylation is 1. The summed E-state index contributed by atoms with van der Waals surface area (Å²) in [6, 6.07) is 2.07. The summed E-state index contributed by atoms with van der Waals surface area (Å²) in [5, 5.41) is 4.20. The van der Waals surface area contributed by atoms with E-state index in [1.165, 1.54) is 0 Å². The van der Waals surface area contributed by atoms with E-state index in [1.807, 2.05) is 29.5 Å². The molecule has 0 aromatic carbocycles. The molecule has 1 rings (SSSR count). The molecule has 0 aliphatic heterocycles. The van der Waals surface area contributed by atoms with Gasteiger partial charge in [0.25, 0.3) is 0 Å². The summed E-state index contributed by atoms with van der Waals surface area (Å²) in [6.45, 7) is 9.68. The van der Waals surface area contributed by atoms with Crippen LogP contribution in [0.25, 0.3) is 0 Å². The molecule has 116 valence electrons. The Labute approximate surface area is 121 Å². The van der Waals surface area contributed by atoms with Gasteiger partial charge in [-0.3, -0.25) is 9.58 Å². The second-order valence-electron chi connectivity index (χ2n) is 5.34. The van der Waals surface area contributed by atoms with E-state index >= 15 is 0 Å². The van der Waals surface area contributed by atoms with Crippen LogP contribution in [0, 0.1) is 5.92 Å². The normalized spacial score (nSPS) is 14.2. The third-order valence-corrected chi connectivity index (χ3v) is 4.30. The first kappa shape index (κ1) is 17.1. The highest BCUT2D eigenvalue weighted by Crippen LogP contribution is 2.15. The smallest absolute Gasteiger partial charge is 0.293 e. The van der Waals surface area contributed by atoms with Crippen LogP contribution in [0.5, 0.6) is 0 Å². The highest BCUT2D eigenvalue weighted by molar-refractivity contribution is 7.86. The fourth-order valence-electron chi connectivity index (χ4n) is 2.06. The van der Waals surface area contributed by atoms with E-state index in [2.05, 4.69) is 18.9 Å². The Morgan fingerprint density at radius 2 is 2.05 bits per heavy atom. The van der Waals surface area contributed by atoms with Crippen molar-refractivity contribution < 1.29 is 12.3 Å². The van der Waals surface area contributed by atoms with E-state index in [1.54, 1.807) is 6.20 Å². The maximum atomic E-state index is 12.8. The topological polar surface area (TPSA) is 55.2 Å². The molecule has 1 unspecified atom stereocenters. The summed E-state index contributed by atoms with van der Waals surface area (Å²) in [5.41, 5.74) is 1.01. The number of halogens is 1. The molecule has 0 radical (unpaired) electrons. The second-order valence-corrected chi connectivity index (χ2v) is 6.82. The van der Waals surface area contributed by atoms with E-state index in [-0.39, 0.29) is 12.6 Å². The SMILES string of the molecule is CCn1nccc1CN(CCS(=O)(=O)F)C(C)C(C)C. The standard InChI is InChI=1S/C13H24FN3O2S/c1-5-17-13(6-7-15-17)10-16(12(4)11(2)3)8-9-20(14,18)19/h6-7,11-12H,5,8-10H2,1-4H3. The Kier molecular flexibility index (Phi) is 6.13. The lowest BCUT2D eigenvalue weighted by Crippen LogP contribution is -2.39. The van der Waals surface area contributed by atoms with Crippen molar-refractivity contribution in [3.63, 3.8) is 0 Å². The lowest BCUT2D eigenvalue weighted by molar-refractivity contribution is 0.165. The van der Waals surface area contributed by atoms with Gasteiger partial charge < -0.3 is 0 Å². The largest absolute Gasteiger partial charge is 0.303 e. The molecule has 0 amide bonds. The van der Waals surface area contributed by atoms with Gasteiger partial charge in [0, 0.05) is 31.9 Å². The summed E-state index contributed by atoms with van der Waals surface area (Å²) < 4.78 is 36.1. The van der Waals surface area contributed by atoms with Crippen LogP contribution in [0.15, 0.2) is 12.3 Å². The zero-order chi connectivity index (χ0) is 15.3. The van der Waals surface area contributed by atoms with Crippen molar-refractivity contribution in [2.75, 3.05) is 12.3 Å². The number of nitrogens with zero attached hydrogens (tertiary/aromatic N) is 3. The molecule has 0 aliphatic carbocycles. The van der Waals surface area contributed by atoms with Gasteiger partial charge in [-0.2, -0.15) is 13.5 Å². The van der Waals surface area contributed by atoms with Crippen molar-refractivity contribution in [1.29, 1.82) is 0 Å². The van der Waals surface area contributed by atoms with Crippen molar-refractivity contribution in [3.05, 3.63) is 18.0 Å². The number of aromatic nitrogens is 2. The lowest BCUT2D eigenvalue weighted by Gasteiger charge is -2.31. The average Bonchev–Trinajstić information content (AvgIpc) is 2.79. The molecule has 0 saturated carbocycles. The first-order chi connectivity index (χ1) is 9.24. The molecule has 1 aromatic rings. The molecular formula is C13H24FN3O2S. The van der Waals surface area contributed by atoms with Crippen molar-refractivity contribution in [1.82, 2.24) is 14.7 Å². The molecule has 5 nitrogen and oxygen atoms in total. The molecule has 0 spiro atoms. The van der Waals surface area contributed by atoms with E-state index < -0.39 is 16.0 Å². The monoisotopic (exact) mass is 305 g/mol. The van der Waals surface area contributed by atoms with Gasteiger partial charge in [0.2, 0.25) is 0 Å². The van der Waals surface area contributed by atoms with Crippen molar-refractivity contribution in [3.8, 4) is 0 Å². The second kappa shape index (κ2) is 7.17. The van der Waals surface area contributed by atoms with Crippen LogP contribution >= 0.6 is 0 Å². The van der Waals surface area contributed by atoms with Crippen LogP contribution in [0.2, 0.25) is 0 Å². The van der Waals surface area contributed by atoms with Gasteiger partial charge >= 0.3 is 10.2 Å². The van der Waals surface area contributed by atoms with Crippen molar-refractivity contribution >= 4 is 10.2 Å². The molecule has 0 saturated heterocycles. The van der Waals surface area contributed by atoms with Gasteiger partial charge in [0.05, 0.1) is 11.4 Å². The van der Waals surface area contributed by atoms with Crippen LogP contribution in [-0.4, -0.2) is 41.4 Å². The van der Waals surface area contributed by atoms with Gasteiger partial charge in [-0.25, -0.2) is 0 Å². The Balaban J connectivity index is 2.82. The minimum Gasteiger partial charge on any atom is -0.293 e. The number of rotatable bonds is 8. The number of hydrogen-bond acceptors (Lipinski definition) is 4. The quantitative estimate of drug-likeness (QED) is 0.690. The maximum Gasteiger partial charge on any atom is 0.303 e. The van der Waals surface area contributed by atoms with Crippen molar-refractivity contribution in [2.45, 2.75) is 46.8 Å². The highest BCUT2D eigenvalue weighted by atomic mass is 32.3. The molecule has 20 heavy (non-hydrogen) atoms. The summed E-state index contributed by atoms with van der Waals surface area (Å²) >= 11 is 0. The highest BCUT2D eigenvalue weighted by Gasteiger charge is 2.21. The van der Waals surface area contributed by atoms with E-state index in [9.17, 15) is 12.3 Å². The van der Waals surface area contributed by atoms with Crippen LogP contribution < -0.4 is 0 Å². The van der Waals surface area contributed by atoms with E-state index in [0.717, 1.165) is 12.2 Å². The van der Waals surface area contributed by atoms with E-state index in [0.29, 0.717) is 12.5 Å². The molecular weight excluding hydrogens is 281 g/mol. The van der Waals surface area contributed by atoms with Gasteiger partial charge in [-0.15, -0.1) is 3.89 Å². The van der Waals surface area contributed by atoms with Gasteiger partial charge in [0.15, 0.2) is 0 Å². The third kappa shape index (κ3) is 5.20. The summed E-state index contributed by atoms with van der Waals surface area (Å²) in [4.78, 5) is 1.99. The van der Waals surface area contributed by atoms with Crippen LogP contribution in [-0.2, 0) is 23.3 Å². The molecule has 0 N–H and O–H groups in total. The fraction of sp³-hybridized carbons (Fsp3) is 0.769. The van der Waals surface area contributed by atoms with E-state index in [4.69, 9.17) is 0 Å². The lowest BCUT2D eigenvalue weighted by atomic mass is 10.0. The van der Waals surface area contributed by atoms with Crippen molar-refractivity contribution in [2.24, 2.45) is 5.92 Å². The summed E-state index contributed by atoms with van der Waals surface area (Å²) in [5.74, 6) is -0.111. The zero-order valence-electron chi connectivity index (χ0n) is 12.6. The Bertz CT molecular complexity index is 513. The molecule has 7 heteroatoms.